The zero-order valence-corrected chi connectivity index (χ0v) is 9.13. The first kappa shape index (κ1) is 10.7. The number of hydrogen-bond acceptors (Lipinski definition) is 2. The minimum Gasteiger partial charge on any atom is -0.478 e. The van der Waals surface area contributed by atoms with E-state index in [0.29, 0.717) is 5.33 Å². The average Bonchev–Trinajstić information content (AvgIpc) is 2.17. The minimum atomic E-state index is -1.06. The van der Waals surface area contributed by atoms with Gasteiger partial charge in [0.25, 0.3) is 0 Å². The van der Waals surface area contributed by atoms with Gasteiger partial charge in [-0.25, -0.2) is 4.79 Å². The predicted molar refractivity (Wildman–Crippen MR) is 55.5 cm³/mol. The number of hydrogen-bond donors (Lipinski definition) is 1. The lowest BCUT2D eigenvalue weighted by Crippen LogP contribution is -2.03. The van der Waals surface area contributed by atoms with Gasteiger partial charge in [0.2, 0.25) is 0 Å². The summed E-state index contributed by atoms with van der Waals surface area (Å²) in [6.45, 7) is 1.75. The molecule has 0 fully saturated rings. The van der Waals surface area contributed by atoms with E-state index in [0.717, 1.165) is 11.1 Å². The molecule has 4 heteroatoms. The van der Waals surface area contributed by atoms with Crippen molar-refractivity contribution in [2.75, 3.05) is 0 Å². The van der Waals surface area contributed by atoms with E-state index in [9.17, 15) is 4.79 Å². The van der Waals surface area contributed by atoms with Gasteiger partial charge in [-0.15, -0.1) is 0 Å². The first-order valence-electron chi connectivity index (χ1n) is 3.93. The van der Waals surface area contributed by atoms with E-state index in [2.05, 4.69) is 15.9 Å². The molecule has 0 atom stereocenters. The fraction of sp³-hybridized carbons (Fsp3) is 0.200. The molecular formula is C10H8BrNO2. The number of rotatable bonds is 2. The lowest BCUT2D eigenvalue weighted by atomic mass is 9.99. The summed E-state index contributed by atoms with van der Waals surface area (Å²) in [6.07, 6.45) is 0. The molecule has 72 valence electrons. The standard InChI is InChI=1S/C10H8BrNO2/c1-6-7(4-11)2-3-8(10(13)14)9(6)5-12/h2-3H,4H2,1H3,(H,13,14). The fourth-order valence-electron chi connectivity index (χ4n) is 1.22. The molecule has 1 N–H and O–H groups in total. The van der Waals surface area contributed by atoms with Crippen molar-refractivity contribution >= 4 is 21.9 Å². The Labute approximate surface area is 90.1 Å². The molecule has 0 aliphatic carbocycles. The van der Waals surface area contributed by atoms with Gasteiger partial charge in [0.15, 0.2) is 0 Å². The maximum atomic E-state index is 10.8. The van der Waals surface area contributed by atoms with Gasteiger partial charge in [0.05, 0.1) is 11.1 Å². The predicted octanol–water partition coefficient (Wildman–Crippen LogP) is 2.46. The smallest absolute Gasteiger partial charge is 0.337 e. The Kier molecular flexibility index (Phi) is 3.26. The highest BCUT2D eigenvalue weighted by atomic mass is 79.9. The van der Waals surface area contributed by atoms with E-state index < -0.39 is 5.97 Å². The summed E-state index contributed by atoms with van der Waals surface area (Å²) < 4.78 is 0. The lowest BCUT2D eigenvalue weighted by Gasteiger charge is -2.06. The van der Waals surface area contributed by atoms with E-state index in [1.165, 1.54) is 6.07 Å². The molecule has 0 radical (unpaired) electrons. The van der Waals surface area contributed by atoms with Crippen molar-refractivity contribution < 1.29 is 9.90 Å². The van der Waals surface area contributed by atoms with Gasteiger partial charge in [-0.05, 0) is 24.1 Å². The van der Waals surface area contributed by atoms with Crippen molar-refractivity contribution in [1.29, 1.82) is 5.26 Å². The van der Waals surface area contributed by atoms with Crippen molar-refractivity contribution in [2.45, 2.75) is 12.3 Å². The van der Waals surface area contributed by atoms with E-state index in [4.69, 9.17) is 10.4 Å². The molecule has 0 heterocycles. The maximum absolute atomic E-state index is 10.8. The Balaban J connectivity index is 3.45. The van der Waals surface area contributed by atoms with Crippen LogP contribution in [0.4, 0.5) is 0 Å². The Morgan fingerprint density at radius 1 is 1.64 bits per heavy atom. The van der Waals surface area contributed by atoms with Crippen LogP contribution in [0.5, 0.6) is 0 Å². The number of aromatic carboxylic acids is 1. The average molecular weight is 254 g/mol. The first-order valence-corrected chi connectivity index (χ1v) is 5.05. The monoisotopic (exact) mass is 253 g/mol. The quantitative estimate of drug-likeness (QED) is 0.824. The minimum absolute atomic E-state index is 0.0645. The molecule has 0 aliphatic heterocycles. The highest BCUT2D eigenvalue weighted by Crippen LogP contribution is 2.19. The van der Waals surface area contributed by atoms with Gasteiger partial charge >= 0.3 is 5.97 Å². The second-order valence-electron chi connectivity index (χ2n) is 2.82. The molecule has 1 aromatic rings. The molecule has 1 rings (SSSR count). The number of halogens is 1. The zero-order chi connectivity index (χ0) is 10.7. The van der Waals surface area contributed by atoms with Gasteiger partial charge in [0.1, 0.15) is 6.07 Å². The van der Waals surface area contributed by atoms with Crippen LogP contribution in [-0.4, -0.2) is 11.1 Å². The Hall–Kier alpha value is -1.34. The fourth-order valence-corrected chi connectivity index (χ4v) is 1.83. The first-order chi connectivity index (χ1) is 6.61. The van der Waals surface area contributed by atoms with Gasteiger partial charge < -0.3 is 5.11 Å². The molecular weight excluding hydrogens is 246 g/mol. The Morgan fingerprint density at radius 2 is 2.29 bits per heavy atom. The van der Waals surface area contributed by atoms with Crippen molar-refractivity contribution in [3.05, 3.63) is 34.4 Å². The summed E-state index contributed by atoms with van der Waals surface area (Å²) in [5.41, 5.74) is 1.97. The van der Waals surface area contributed by atoms with E-state index in [1.54, 1.807) is 13.0 Å². The second-order valence-corrected chi connectivity index (χ2v) is 3.38. The van der Waals surface area contributed by atoms with Crippen molar-refractivity contribution in [1.82, 2.24) is 0 Å². The van der Waals surface area contributed by atoms with Crippen LogP contribution in [0.1, 0.15) is 27.0 Å². The van der Waals surface area contributed by atoms with Crippen LogP contribution in [0.3, 0.4) is 0 Å². The summed E-state index contributed by atoms with van der Waals surface area (Å²) in [4.78, 5) is 10.8. The van der Waals surface area contributed by atoms with Crippen LogP contribution in [0.2, 0.25) is 0 Å². The van der Waals surface area contributed by atoms with Gasteiger partial charge in [-0.3, -0.25) is 0 Å². The number of benzene rings is 1. The van der Waals surface area contributed by atoms with Crippen LogP contribution in [0.15, 0.2) is 12.1 Å². The summed E-state index contributed by atoms with van der Waals surface area (Å²) >= 11 is 3.28. The van der Waals surface area contributed by atoms with E-state index >= 15 is 0 Å². The zero-order valence-electron chi connectivity index (χ0n) is 7.54. The topological polar surface area (TPSA) is 61.1 Å². The third kappa shape index (κ3) is 1.78. The van der Waals surface area contributed by atoms with Gasteiger partial charge in [0, 0.05) is 5.33 Å². The summed E-state index contributed by atoms with van der Waals surface area (Å²) in [6, 6.07) is 5.10. The normalized spacial score (nSPS) is 9.50. The number of carboxylic acids is 1. The molecule has 0 bridgehead atoms. The molecule has 0 unspecified atom stereocenters. The molecule has 3 nitrogen and oxygen atoms in total. The number of alkyl halides is 1. The largest absolute Gasteiger partial charge is 0.478 e. The molecule has 0 spiro atoms. The Morgan fingerprint density at radius 3 is 2.71 bits per heavy atom. The van der Waals surface area contributed by atoms with Crippen LogP contribution in [-0.2, 0) is 5.33 Å². The lowest BCUT2D eigenvalue weighted by molar-refractivity contribution is 0.0696. The van der Waals surface area contributed by atoms with Crippen LogP contribution >= 0.6 is 15.9 Å². The van der Waals surface area contributed by atoms with Crippen LogP contribution in [0, 0.1) is 18.3 Å². The maximum Gasteiger partial charge on any atom is 0.337 e. The molecule has 0 aliphatic rings. The highest BCUT2D eigenvalue weighted by Gasteiger charge is 2.13. The number of carboxylic acid groups (broad SMARTS) is 1. The summed E-state index contributed by atoms with van der Waals surface area (Å²) in [5.74, 6) is -1.06. The van der Waals surface area contributed by atoms with E-state index in [-0.39, 0.29) is 11.1 Å². The van der Waals surface area contributed by atoms with E-state index in [1.807, 2.05) is 6.07 Å². The third-order valence-corrected chi connectivity index (χ3v) is 2.67. The molecule has 0 amide bonds. The second kappa shape index (κ2) is 4.25. The summed E-state index contributed by atoms with van der Waals surface area (Å²) in [5, 5.41) is 18.3. The Bertz CT molecular complexity index is 421. The third-order valence-electron chi connectivity index (χ3n) is 2.06. The highest BCUT2D eigenvalue weighted by molar-refractivity contribution is 9.08. The molecule has 0 saturated carbocycles. The molecule has 0 aromatic heterocycles. The van der Waals surface area contributed by atoms with Crippen molar-refractivity contribution in [3.63, 3.8) is 0 Å². The number of nitrogens with zero attached hydrogens (tertiary/aromatic N) is 1. The van der Waals surface area contributed by atoms with Crippen LogP contribution in [0.25, 0.3) is 0 Å². The van der Waals surface area contributed by atoms with Gasteiger partial charge in [-0.1, -0.05) is 22.0 Å². The van der Waals surface area contributed by atoms with Gasteiger partial charge in [-0.2, -0.15) is 5.26 Å². The SMILES string of the molecule is Cc1c(CBr)ccc(C(=O)O)c1C#N. The molecule has 14 heavy (non-hydrogen) atoms. The molecule has 1 aromatic carbocycles. The van der Waals surface area contributed by atoms with Crippen molar-refractivity contribution in [3.8, 4) is 6.07 Å². The number of nitriles is 1. The molecule has 0 saturated heterocycles. The number of carbonyl (C=O) groups is 1. The summed E-state index contributed by atoms with van der Waals surface area (Å²) in [7, 11) is 0. The van der Waals surface area contributed by atoms with Crippen LogP contribution < -0.4 is 0 Å². The van der Waals surface area contributed by atoms with Crippen molar-refractivity contribution in [2.24, 2.45) is 0 Å².